The zero-order chi connectivity index (χ0) is 17.8. The third-order valence-electron chi connectivity index (χ3n) is 3.52. The van der Waals surface area contributed by atoms with E-state index in [1.54, 1.807) is 0 Å². The Morgan fingerprint density at radius 3 is 2.16 bits per heavy atom. The Kier molecular flexibility index (Phi) is 4.95. The van der Waals surface area contributed by atoms with Gasteiger partial charge in [0.2, 0.25) is 5.82 Å². The summed E-state index contributed by atoms with van der Waals surface area (Å²) in [4.78, 5) is 20.2. The Morgan fingerprint density at radius 1 is 0.960 bits per heavy atom. The van der Waals surface area contributed by atoms with E-state index in [1.807, 2.05) is 62.4 Å². The van der Waals surface area contributed by atoms with E-state index in [4.69, 9.17) is 0 Å². The minimum atomic E-state index is -0.451. The van der Waals surface area contributed by atoms with Gasteiger partial charge in [-0.2, -0.15) is 0 Å². The Hall–Kier alpha value is -2.93. The first-order valence-corrected chi connectivity index (χ1v) is 8.42. The molecule has 0 unspecified atom stereocenters. The maximum Gasteiger partial charge on any atom is 0.343 e. The smallest absolute Gasteiger partial charge is 0.334 e. The number of nitro groups is 1. The molecule has 0 radical (unpaired) electrons. The molecule has 1 N–H and O–H groups in total. The molecule has 6 nitrogen and oxygen atoms in total. The fourth-order valence-electron chi connectivity index (χ4n) is 2.18. The van der Waals surface area contributed by atoms with Crippen LogP contribution in [0.5, 0.6) is 0 Å². The van der Waals surface area contributed by atoms with E-state index >= 15 is 0 Å². The highest BCUT2D eigenvalue weighted by atomic mass is 32.2. The highest BCUT2D eigenvalue weighted by Crippen LogP contribution is 2.37. The molecule has 3 rings (SSSR count). The van der Waals surface area contributed by atoms with E-state index in [2.05, 4.69) is 15.3 Å². The molecular formula is C18H16N4O2S. The fourth-order valence-corrected chi connectivity index (χ4v) is 3.05. The largest absolute Gasteiger partial charge is 0.343 e. The minimum absolute atomic E-state index is 0.131. The summed E-state index contributed by atoms with van der Waals surface area (Å²) in [7, 11) is 0. The summed E-state index contributed by atoms with van der Waals surface area (Å²) in [5.74, 6) is 0.179. The van der Waals surface area contributed by atoms with Crippen LogP contribution in [0, 0.1) is 24.0 Å². The van der Waals surface area contributed by atoms with Crippen molar-refractivity contribution in [3.05, 3.63) is 76.1 Å². The van der Waals surface area contributed by atoms with Crippen LogP contribution in [0.25, 0.3) is 0 Å². The molecular weight excluding hydrogens is 336 g/mol. The van der Waals surface area contributed by atoms with Crippen LogP contribution in [0.1, 0.15) is 11.1 Å². The number of benzene rings is 2. The van der Waals surface area contributed by atoms with Gasteiger partial charge >= 0.3 is 5.69 Å². The predicted molar refractivity (Wildman–Crippen MR) is 98.5 cm³/mol. The van der Waals surface area contributed by atoms with Crippen LogP contribution >= 0.6 is 11.8 Å². The van der Waals surface area contributed by atoms with Crippen molar-refractivity contribution < 1.29 is 4.92 Å². The molecule has 0 amide bonds. The average molecular weight is 352 g/mol. The first-order valence-electron chi connectivity index (χ1n) is 7.60. The minimum Gasteiger partial charge on any atom is -0.334 e. The lowest BCUT2D eigenvalue weighted by atomic mass is 10.2. The topological polar surface area (TPSA) is 81.0 Å². The van der Waals surface area contributed by atoms with Crippen molar-refractivity contribution in [2.45, 2.75) is 23.8 Å². The lowest BCUT2D eigenvalue weighted by Gasteiger charge is -2.09. The van der Waals surface area contributed by atoms with Gasteiger partial charge in [0.15, 0.2) is 5.03 Å². The molecule has 0 saturated carbocycles. The van der Waals surface area contributed by atoms with Crippen molar-refractivity contribution in [1.29, 1.82) is 0 Å². The SMILES string of the molecule is Cc1ccc(Nc2ncnc(Sc3ccc(C)cc3)c2[N+](=O)[O-])cc1. The number of rotatable bonds is 5. The van der Waals surface area contributed by atoms with Crippen LogP contribution in [-0.2, 0) is 0 Å². The van der Waals surface area contributed by atoms with E-state index in [9.17, 15) is 10.1 Å². The van der Waals surface area contributed by atoms with Crippen LogP contribution in [0.15, 0.2) is 64.8 Å². The Labute approximate surface area is 149 Å². The van der Waals surface area contributed by atoms with Gasteiger partial charge in [0.25, 0.3) is 0 Å². The normalized spacial score (nSPS) is 10.5. The monoisotopic (exact) mass is 352 g/mol. The second-order valence-corrected chi connectivity index (χ2v) is 6.60. The van der Waals surface area contributed by atoms with Crippen LogP contribution < -0.4 is 5.32 Å². The van der Waals surface area contributed by atoms with Crippen LogP contribution in [0.3, 0.4) is 0 Å². The number of nitrogens with one attached hydrogen (secondary N) is 1. The summed E-state index contributed by atoms with van der Waals surface area (Å²) in [6, 6.07) is 15.3. The van der Waals surface area contributed by atoms with Gasteiger partial charge in [-0.1, -0.05) is 47.2 Å². The summed E-state index contributed by atoms with van der Waals surface area (Å²) in [5.41, 5.74) is 2.84. The average Bonchev–Trinajstić information content (AvgIpc) is 2.59. The predicted octanol–water partition coefficient (Wildman–Crippen LogP) is 4.90. The van der Waals surface area contributed by atoms with Crippen molar-refractivity contribution >= 4 is 29.0 Å². The van der Waals surface area contributed by atoms with Gasteiger partial charge in [0, 0.05) is 10.6 Å². The highest BCUT2D eigenvalue weighted by Gasteiger charge is 2.23. The molecule has 0 spiro atoms. The van der Waals surface area contributed by atoms with Crippen molar-refractivity contribution in [3.63, 3.8) is 0 Å². The van der Waals surface area contributed by atoms with Gasteiger partial charge in [0.05, 0.1) is 4.92 Å². The second-order valence-electron chi connectivity index (χ2n) is 5.54. The summed E-state index contributed by atoms with van der Waals surface area (Å²) in [6.45, 7) is 3.97. The molecule has 0 aliphatic rings. The number of anilines is 2. The maximum absolute atomic E-state index is 11.6. The third kappa shape index (κ3) is 4.13. The molecule has 126 valence electrons. The lowest BCUT2D eigenvalue weighted by molar-refractivity contribution is -0.387. The molecule has 1 heterocycles. The van der Waals surface area contributed by atoms with E-state index in [0.717, 1.165) is 21.7 Å². The van der Waals surface area contributed by atoms with Crippen LogP contribution in [0.4, 0.5) is 17.2 Å². The number of hydrogen-bond donors (Lipinski definition) is 1. The van der Waals surface area contributed by atoms with Gasteiger partial charge in [-0.15, -0.1) is 0 Å². The van der Waals surface area contributed by atoms with E-state index in [0.29, 0.717) is 5.03 Å². The Balaban J connectivity index is 1.94. The second kappa shape index (κ2) is 7.31. The van der Waals surface area contributed by atoms with Gasteiger partial charge in [-0.05, 0) is 38.1 Å². The molecule has 0 fully saturated rings. The van der Waals surface area contributed by atoms with Crippen molar-refractivity contribution in [2.24, 2.45) is 0 Å². The first-order chi connectivity index (χ1) is 12.0. The standard InChI is InChI=1S/C18H16N4O2S/c1-12-3-7-14(8-4-12)21-17-16(22(23)24)18(20-11-19-17)25-15-9-5-13(2)6-10-15/h3-11H,1-2H3,(H,19,20,21). The van der Waals surface area contributed by atoms with Gasteiger partial charge in [-0.3, -0.25) is 10.1 Å². The van der Waals surface area contributed by atoms with Crippen LogP contribution in [-0.4, -0.2) is 14.9 Å². The molecule has 2 aromatic carbocycles. The van der Waals surface area contributed by atoms with Gasteiger partial charge in [0.1, 0.15) is 6.33 Å². The molecule has 0 saturated heterocycles. The number of hydrogen-bond acceptors (Lipinski definition) is 6. The Bertz CT molecular complexity index is 830. The number of aromatic nitrogens is 2. The number of aryl methyl sites for hydroxylation is 2. The first kappa shape index (κ1) is 16.9. The fraction of sp³-hybridized carbons (Fsp3) is 0.111. The third-order valence-corrected chi connectivity index (χ3v) is 4.52. The Morgan fingerprint density at radius 2 is 1.56 bits per heavy atom. The summed E-state index contributed by atoms with van der Waals surface area (Å²) in [6.07, 6.45) is 1.33. The summed E-state index contributed by atoms with van der Waals surface area (Å²) >= 11 is 1.25. The molecule has 0 bridgehead atoms. The van der Waals surface area contributed by atoms with Crippen LogP contribution in [0.2, 0.25) is 0 Å². The molecule has 7 heteroatoms. The van der Waals surface area contributed by atoms with Gasteiger partial charge in [-0.25, -0.2) is 9.97 Å². The molecule has 3 aromatic rings. The molecule has 0 atom stereocenters. The maximum atomic E-state index is 11.6. The molecule has 0 aliphatic heterocycles. The number of nitrogens with zero attached hydrogens (tertiary/aromatic N) is 3. The van der Waals surface area contributed by atoms with Crippen molar-refractivity contribution in [3.8, 4) is 0 Å². The highest BCUT2D eigenvalue weighted by molar-refractivity contribution is 7.99. The molecule has 0 aliphatic carbocycles. The summed E-state index contributed by atoms with van der Waals surface area (Å²) < 4.78 is 0. The molecule has 1 aromatic heterocycles. The zero-order valence-electron chi connectivity index (χ0n) is 13.8. The van der Waals surface area contributed by atoms with E-state index < -0.39 is 4.92 Å². The van der Waals surface area contributed by atoms with Crippen molar-refractivity contribution in [2.75, 3.05) is 5.32 Å². The zero-order valence-corrected chi connectivity index (χ0v) is 14.6. The van der Waals surface area contributed by atoms with Crippen molar-refractivity contribution in [1.82, 2.24) is 9.97 Å². The van der Waals surface area contributed by atoms with Gasteiger partial charge < -0.3 is 5.32 Å². The van der Waals surface area contributed by atoms with E-state index in [-0.39, 0.29) is 11.5 Å². The van der Waals surface area contributed by atoms with E-state index in [1.165, 1.54) is 18.1 Å². The summed E-state index contributed by atoms with van der Waals surface area (Å²) in [5, 5.41) is 14.9. The quantitative estimate of drug-likeness (QED) is 0.400. The molecule has 25 heavy (non-hydrogen) atoms. The lowest BCUT2D eigenvalue weighted by Crippen LogP contribution is -2.02.